The van der Waals surface area contributed by atoms with Crippen molar-refractivity contribution in [2.75, 3.05) is 44.6 Å². The number of nitrogens with zero attached hydrogens (tertiary/aromatic N) is 1. The molecule has 0 saturated carbocycles. The second-order valence-corrected chi connectivity index (χ2v) is 5.47. The number of benzene rings is 1. The van der Waals surface area contributed by atoms with Gasteiger partial charge in [-0.15, -0.1) is 0 Å². The lowest BCUT2D eigenvalue weighted by Gasteiger charge is -2.27. The molecule has 3 nitrogen and oxygen atoms in total. The minimum Gasteiger partial charge on any atom is -0.385 e. The van der Waals surface area contributed by atoms with Gasteiger partial charge in [-0.1, -0.05) is 12.1 Å². The van der Waals surface area contributed by atoms with Gasteiger partial charge < -0.3 is 15.5 Å². The summed E-state index contributed by atoms with van der Waals surface area (Å²) in [5.41, 5.74) is 4.04. The van der Waals surface area contributed by atoms with E-state index in [9.17, 15) is 0 Å². The fraction of sp³-hybridized carbons (Fsp3) is 0.625. The number of piperazine rings is 1. The van der Waals surface area contributed by atoms with Gasteiger partial charge in [0.05, 0.1) is 0 Å². The summed E-state index contributed by atoms with van der Waals surface area (Å²) in [6.45, 7) is 11.4. The molecule has 2 rings (SSSR count). The number of hydrogen-bond donors (Lipinski definition) is 2. The Bertz CT molecular complexity index is 384. The van der Waals surface area contributed by atoms with Crippen molar-refractivity contribution in [3.05, 3.63) is 29.3 Å². The molecule has 1 aromatic carbocycles. The maximum Gasteiger partial charge on any atom is 0.0372 e. The van der Waals surface area contributed by atoms with Crippen LogP contribution in [0.1, 0.15) is 24.0 Å². The van der Waals surface area contributed by atoms with E-state index in [2.05, 4.69) is 47.6 Å². The molecule has 1 aliphatic heterocycles. The highest BCUT2D eigenvalue weighted by Crippen LogP contribution is 2.17. The van der Waals surface area contributed by atoms with Crippen LogP contribution < -0.4 is 10.6 Å². The van der Waals surface area contributed by atoms with Gasteiger partial charge in [0, 0.05) is 38.4 Å². The van der Waals surface area contributed by atoms with Crippen LogP contribution in [-0.2, 0) is 0 Å². The molecule has 3 heteroatoms. The van der Waals surface area contributed by atoms with Gasteiger partial charge in [-0.3, -0.25) is 0 Å². The number of nitrogens with one attached hydrogen (secondary N) is 2. The number of aryl methyl sites for hydroxylation is 1. The molecule has 1 heterocycles. The van der Waals surface area contributed by atoms with Gasteiger partial charge in [0.15, 0.2) is 0 Å². The Balaban J connectivity index is 1.62. The molecule has 0 atom stereocenters. The minimum atomic E-state index is 1.08. The van der Waals surface area contributed by atoms with Crippen molar-refractivity contribution >= 4 is 5.69 Å². The van der Waals surface area contributed by atoms with E-state index >= 15 is 0 Å². The Kier molecular flexibility index (Phi) is 5.67. The number of unbranched alkanes of at least 4 members (excludes halogenated alkanes) is 1. The van der Waals surface area contributed by atoms with Crippen molar-refractivity contribution in [1.29, 1.82) is 0 Å². The summed E-state index contributed by atoms with van der Waals surface area (Å²) in [5, 5.41) is 6.96. The molecule has 0 spiro atoms. The summed E-state index contributed by atoms with van der Waals surface area (Å²) >= 11 is 0. The largest absolute Gasteiger partial charge is 0.385 e. The maximum absolute atomic E-state index is 3.56. The van der Waals surface area contributed by atoms with E-state index in [0.717, 1.165) is 19.6 Å². The van der Waals surface area contributed by atoms with Crippen molar-refractivity contribution in [3.8, 4) is 0 Å². The Hall–Kier alpha value is -1.06. The number of hydrogen-bond acceptors (Lipinski definition) is 3. The quantitative estimate of drug-likeness (QED) is 0.770. The molecule has 0 radical (unpaired) electrons. The molecular weight excluding hydrogens is 234 g/mol. The third kappa shape index (κ3) is 4.51. The SMILES string of the molecule is Cc1cccc(NCCCCN2CCNCC2)c1C. The van der Waals surface area contributed by atoms with Crippen molar-refractivity contribution < 1.29 is 0 Å². The Morgan fingerprint density at radius 1 is 1.16 bits per heavy atom. The Morgan fingerprint density at radius 2 is 1.95 bits per heavy atom. The predicted octanol–water partition coefficient (Wildman–Crippen LogP) is 2.40. The van der Waals surface area contributed by atoms with E-state index in [0.29, 0.717) is 0 Å². The molecule has 1 aromatic rings. The van der Waals surface area contributed by atoms with Crippen LogP contribution in [0.3, 0.4) is 0 Å². The van der Waals surface area contributed by atoms with Crippen LogP contribution in [0, 0.1) is 13.8 Å². The van der Waals surface area contributed by atoms with E-state index in [-0.39, 0.29) is 0 Å². The van der Waals surface area contributed by atoms with E-state index in [1.165, 1.54) is 49.3 Å². The standard InChI is InChI=1S/C16H27N3/c1-14-6-5-7-16(15(14)2)18-8-3-4-11-19-12-9-17-10-13-19/h5-7,17-18H,3-4,8-13H2,1-2H3. The zero-order valence-corrected chi connectivity index (χ0v) is 12.3. The molecule has 0 bridgehead atoms. The average molecular weight is 261 g/mol. The number of anilines is 1. The highest BCUT2D eigenvalue weighted by molar-refractivity contribution is 5.53. The fourth-order valence-electron chi connectivity index (χ4n) is 2.56. The molecule has 0 unspecified atom stereocenters. The van der Waals surface area contributed by atoms with Gasteiger partial charge in [-0.05, 0) is 50.4 Å². The normalized spacial score (nSPS) is 16.5. The molecule has 0 aromatic heterocycles. The van der Waals surface area contributed by atoms with Crippen LogP contribution in [0.15, 0.2) is 18.2 Å². The first-order valence-corrected chi connectivity index (χ1v) is 7.50. The van der Waals surface area contributed by atoms with E-state index in [1.54, 1.807) is 0 Å². The average Bonchev–Trinajstić information content (AvgIpc) is 2.44. The van der Waals surface area contributed by atoms with Gasteiger partial charge >= 0.3 is 0 Å². The fourth-order valence-corrected chi connectivity index (χ4v) is 2.56. The summed E-state index contributed by atoms with van der Waals surface area (Å²) < 4.78 is 0. The zero-order valence-electron chi connectivity index (χ0n) is 12.3. The summed E-state index contributed by atoms with van der Waals surface area (Å²) in [6, 6.07) is 6.48. The maximum atomic E-state index is 3.56. The van der Waals surface area contributed by atoms with Crippen molar-refractivity contribution in [1.82, 2.24) is 10.2 Å². The highest BCUT2D eigenvalue weighted by Gasteiger charge is 2.08. The Morgan fingerprint density at radius 3 is 2.74 bits per heavy atom. The monoisotopic (exact) mass is 261 g/mol. The Labute approximate surface area is 117 Å². The van der Waals surface area contributed by atoms with Gasteiger partial charge in [-0.25, -0.2) is 0 Å². The van der Waals surface area contributed by atoms with E-state index in [1.807, 2.05) is 0 Å². The van der Waals surface area contributed by atoms with Crippen molar-refractivity contribution in [2.45, 2.75) is 26.7 Å². The summed E-state index contributed by atoms with van der Waals surface area (Å²) in [5.74, 6) is 0. The van der Waals surface area contributed by atoms with Gasteiger partial charge in [0.25, 0.3) is 0 Å². The first-order valence-electron chi connectivity index (χ1n) is 7.50. The summed E-state index contributed by atoms with van der Waals surface area (Å²) in [6.07, 6.45) is 2.54. The molecule has 0 amide bonds. The van der Waals surface area contributed by atoms with Crippen LogP contribution in [0.5, 0.6) is 0 Å². The van der Waals surface area contributed by atoms with Gasteiger partial charge in [0.2, 0.25) is 0 Å². The van der Waals surface area contributed by atoms with Gasteiger partial charge in [0.1, 0.15) is 0 Å². The van der Waals surface area contributed by atoms with Crippen molar-refractivity contribution in [3.63, 3.8) is 0 Å². The van der Waals surface area contributed by atoms with E-state index in [4.69, 9.17) is 0 Å². The molecule has 2 N–H and O–H groups in total. The second-order valence-electron chi connectivity index (χ2n) is 5.47. The molecule has 1 aliphatic rings. The molecule has 106 valence electrons. The minimum absolute atomic E-state index is 1.08. The van der Waals surface area contributed by atoms with E-state index < -0.39 is 0 Å². The molecular formula is C16H27N3. The second kappa shape index (κ2) is 7.51. The first kappa shape index (κ1) is 14.4. The number of rotatable bonds is 6. The summed E-state index contributed by atoms with van der Waals surface area (Å²) in [4.78, 5) is 2.56. The van der Waals surface area contributed by atoms with Crippen LogP contribution in [0.4, 0.5) is 5.69 Å². The van der Waals surface area contributed by atoms with Crippen LogP contribution in [-0.4, -0.2) is 44.2 Å². The van der Waals surface area contributed by atoms with Crippen LogP contribution in [0.25, 0.3) is 0 Å². The summed E-state index contributed by atoms with van der Waals surface area (Å²) in [7, 11) is 0. The topological polar surface area (TPSA) is 27.3 Å². The lowest BCUT2D eigenvalue weighted by atomic mass is 10.1. The lowest BCUT2D eigenvalue weighted by Crippen LogP contribution is -2.43. The van der Waals surface area contributed by atoms with Crippen molar-refractivity contribution in [2.24, 2.45) is 0 Å². The highest BCUT2D eigenvalue weighted by atomic mass is 15.2. The van der Waals surface area contributed by atoms with Gasteiger partial charge in [-0.2, -0.15) is 0 Å². The predicted molar refractivity (Wildman–Crippen MR) is 82.9 cm³/mol. The zero-order chi connectivity index (χ0) is 13.5. The molecule has 19 heavy (non-hydrogen) atoms. The molecule has 1 saturated heterocycles. The smallest absolute Gasteiger partial charge is 0.0372 e. The third-order valence-corrected chi connectivity index (χ3v) is 4.03. The molecule has 0 aliphatic carbocycles. The lowest BCUT2D eigenvalue weighted by molar-refractivity contribution is 0.237. The van der Waals surface area contributed by atoms with Crippen LogP contribution >= 0.6 is 0 Å². The van der Waals surface area contributed by atoms with Crippen LogP contribution in [0.2, 0.25) is 0 Å². The molecule has 1 fully saturated rings. The third-order valence-electron chi connectivity index (χ3n) is 4.03. The first-order chi connectivity index (χ1) is 9.27.